The molecule has 6 aromatic rings. The molecule has 298 valence electrons. The third-order valence-electron chi connectivity index (χ3n) is 9.73. The average molecular weight is 847 g/mol. The molecular weight excluding hydrogens is 815 g/mol. The molecule has 5 heterocycles. The monoisotopic (exact) mass is 846 g/mol. The van der Waals surface area contributed by atoms with Crippen LogP contribution in [-0.4, -0.2) is 37.0 Å². The molecule has 0 fully saturated rings. The van der Waals surface area contributed by atoms with Crippen LogP contribution < -0.4 is 9.13 Å². The molecule has 0 spiro atoms. The molecule has 0 radical (unpaired) electrons. The third-order valence-corrected chi connectivity index (χ3v) is 12.0. The highest BCUT2D eigenvalue weighted by molar-refractivity contribution is 7.86. The van der Waals surface area contributed by atoms with Crippen LogP contribution in [0, 0.1) is 13.8 Å². The van der Waals surface area contributed by atoms with Crippen molar-refractivity contribution in [3.8, 4) is 33.0 Å². The lowest BCUT2D eigenvalue weighted by molar-refractivity contribution is -0.690. The summed E-state index contributed by atoms with van der Waals surface area (Å²) in [5.74, 6) is 0. The van der Waals surface area contributed by atoms with Crippen LogP contribution >= 0.6 is 11.3 Å². The fourth-order valence-corrected chi connectivity index (χ4v) is 7.93. The molecule has 17 heteroatoms. The van der Waals surface area contributed by atoms with Crippen molar-refractivity contribution < 1.29 is 61.4 Å². The first-order chi connectivity index (χ1) is 26.7. The normalized spacial score (nSPS) is 13.7. The predicted molar refractivity (Wildman–Crippen MR) is 202 cm³/mol. The van der Waals surface area contributed by atoms with Gasteiger partial charge in [0, 0.05) is 46.9 Å². The smallest absolute Gasteiger partial charge is 0.485 e. The molecule has 0 N–H and O–H groups in total. The largest absolute Gasteiger partial charge is 0.741 e. The SMILES string of the molecule is Cc1c(C)c2c(c3c1CC[n+]1ccc4ccccc4c1-3)-c1cccc(/C=C/c3ccc(-c4ccccc4)s3)[n+]1CC2.O=S(=O)([O-])C(F)(F)F.O=S(=O)([O-])C(F)(F)F. The summed E-state index contributed by atoms with van der Waals surface area (Å²) in [5.41, 5.74) is 2.87. The lowest BCUT2D eigenvalue weighted by Crippen LogP contribution is -2.45. The first-order valence-electron chi connectivity index (χ1n) is 17.1. The average Bonchev–Trinajstić information content (AvgIpc) is 3.64. The molecule has 0 unspecified atom stereocenters. The highest BCUT2D eigenvalue weighted by Gasteiger charge is 2.39. The number of benzene rings is 3. The Morgan fingerprint density at radius 2 is 1.25 bits per heavy atom. The van der Waals surface area contributed by atoms with Crippen LogP contribution in [0.15, 0.2) is 97.2 Å². The number of rotatable bonds is 3. The van der Waals surface area contributed by atoms with E-state index < -0.39 is 31.3 Å². The van der Waals surface area contributed by atoms with E-state index in [-0.39, 0.29) is 0 Å². The maximum absolute atomic E-state index is 10.7. The number of pyridine rings is 2. The highest BCUT2D eigenvalue weighted by Crippen LogP contribution is 2.44. The molecule has 8 nitrogen and oxygen atoms in total. The summed E-state index contributed by atoms with van der Waals surface area (Å²) < 4.78 is 123. The van der Waals surface area contributed by atoms with Gasteiger partial charge in [0.25, 0.3) is 0 Å². The van der Waals surface area contributed by atoms with E-state index in [2.05, 4.69) is 132 Å². The first kappa shape index (κ1) is 41.7. The molecule has 0 saturated carbocycles. The maximum Gasteiger partial charge on any atom is 0.485 e. The van der Waals surface area contributed by atoms with E-state index in [1.165, 1.54) is 76.6 Å². The Balaban J connectivity index is 0.000000291. The van der Waals surface area contributed by atoms with Crippen molar-refractivity contribution in [1.82, 2.24) is 0 Å². The summed E-state index contributed by atoms with van der Waals surface area (Å²) in [4.78, 5) is 2.58. The Labute approximate surface area is 328 Å². The predicted octanol–water partition coefficient (Wildman–Crippen LogP) is 8.48. The van der Waals surface area contributed by atoms with E-state index in [1.807, 2.05) is 11.3 Å². The topological polar surface area (TPSA) is 122 Å². The zero-order chi connectivity index (χ0) is 41.5. The molecule has 0 bridgehead atoms. The van der Waals surface area contributed by atoms with Crippen LogP contribution in [-0.2, 0) is 46.2 Å². The molecule has 57 heavy (non-hydrogen) atoms. The van der Waals surface area contributed by atoms with Gasteiger partial charge in [-0.15, -0.1) is 11.3 Å². The van der Waals surface area contributed by atoms with Gasteiger partial charge in [0.05, 0.1) is 16.5 Å². The summed E-state index contributed by atoms with van der Waals surface area (Å²) >= 11 is 1.85. The molecule has 2 aliphatic heterocycles. The fraction of sp³-hybridized carbons (Fsp3) is 0.200. The van der Waals surface area contributed by atoms with Crippen molar-refractivity contribution in [2.24, 2.45) is 0 Å². The number of hydrogen-bond donors (Lipinski definition) is 0. The second-order valence-electron chi connectivity index (χ2n) is 13.1. The van der Waals surface area contributed by atoms with Gasteiger partial charge >= 0.3 is 11.0 Å². The minimum atomic E-state index is -6.09. The molecule has 3 aromatic carbocycles. The number of aromatic nitrogens is 2. The zero-order valence-corrected chi connectivity index (χ0v) is 32.5. The number of nitrogens with zero attached hydrogens (tertiary/aromatic N) is 2. The van der Waals surface area contributed by atoms with Crippen molar-refractivity contribution in [3.63, 3.8) is 0 Å². The van der Waals surface area contributed by atoms with Crippen molar-refractivity contribution in [2.75, 3.05) is 0 Å². The van der Waals surface area contributed by atoms with E-state index >= 15 is 0 Å². The standard InChI is InChI=1S/C38H32N2S.2CHF3O3S/c1-25-26(2)32-20-23-39-22-19-27-9-6-7-13-33(27)38(39)37(32)36-31(25)21-24-40-29(12-8-14-34(36)40)15-16-30-17-18-35(41-30)28-10-4-3-5-11-28;2*2-1(3,4)8(5,6)7/h3-19,22H,20-21,23-24H2,1-2H3;2*(H,5,6,7)/q+2;;/p-2/b16-15+;;. The van der Waals surface area contributed by atoms with Crippen molar-refractivity contribution in [2.45, 2.75) is 50.8 Å². The molecule has 8 rings (SSSR count). The van der Waals surface area contributed by atoms with Crippen molar-refractivity contribution in [3.05, 3.63) is 130 Å². The summed E-state index contributed by atoms with van der Waals surface area (Å²) in [5, 5.41) is 2.66. The summed E-state index contributed by atoms with van der Waals surface area (Å²) in [7, 11) is -12.2. The molecule has 0 aliphatic carbocycles. The van der Waals surface area contributed by atoms with E-state index in [0.717, 1.165) is 25.9 Å². The number of aryl methyl sites for hydroxylation is 1. The van der Waals surface area contributed by atoms with E-state index in [1.54, 1.807) is 0 Å². The number of thiophene rings is 1. The Hall–Kier alpha value is -4.94. The van der Waals surface area contributed by atoms with Gasteiger partial charge in [0.2, 0.25) is 17.1 Å². The molecule has 3 aromatic heterocycles. The van der Waals surface area contributed by atoms with Crippen LogP contribution in [0.2, 0.25) is 0 Å². The number of hydrogen-bond acceptors (Lipinski definition) is 7. The lowest BCUT2D eigenvalue weighted by atomic mass is 9.79. The van der Waals surface area contributed by atoms with Crippen LogP contribution in [0.1, 0.15) is 32.8 Å². The lowest BCUT2D eigenvalue weighted by Gasteiger charge is -2.27. The van der Waals surface area contributed by atoms with E-state index in [9.17, 15) is 26.3 Å². The van der Waals surface area contributed by atoms with Gasteiger partial charge in [0.1, 0.15) is 0 Å². The van der Waals surface area contributed by atoms with Gasteiger partial charge in [-0.2, -0.15) is 35.5 Å². The fourth-order valence-electron chi connectivity index (χ4n) is 7.01. The molecule has 0 atom stereocenters. The Kier molecular flexibility index (Phi) is 11.5. The molecule has 0 amide bonds. The van der Waals surface area contributed by atoms with Crippen LogP contribution in [0.4, 0.5) is 26.3 Å². The zero-order valence-electron chi connectivity index (χ0n) is 30.1. The first-order valence-corrected chi connectivity index (χ1v) is 20.8. The highest BCUT2D eigenvalue weighted by atomic mass is 32.2. The van der Waals surface area contributed by atoms with E-state index in [4.69, 9.17) is 25.9 Å². The van der Waals surface area contributed by atoms with Crippen molar-refractivity contribution in [1.29, 1.82) is 0 Å². The Morgan fingerprint density at radius 1 is 0.667 bits per heavy atom. The molecular formula is C40H32F6N2O6S3. The van der Waals surface area contributed by atoms with Crippen LogP contribution in [0.5, 0.6) is 0 Å². The Bertz CT molecular complexity index is 2710. The number of alkyl halides is 6. The second kappa shape index (κ2) is 15.8. The van der Waals surface area contributed by atoms with Gasteiger partial charge in [-0.25, -0.2) is 16.8 Å². The summed E-state index contributed by atoms with van der Waals surface area (Å²) in [6.45, 7) is 6.72. The molecule has 0 saturated heterocycles. The minimum Gasteiger partial charge on any atom is -0.741 e. The minimum absolute atomic E-state index is 0.997. The van der Waals surface area contributed by atoms with Gasteiger partial charge in [-0.05, 0) is 77.4 Å². The summed E-state index contributed by atoms with van der Waals surface area (Å²) in [6.07, 6.45) is 9.01. The quantitative estimate of drug-likeness (QED) is 0.0763. The Morgan fingerprint density at radius 3 is 1.88 bits per heavy atom. The second-order valence-corrected chi connectivity index (χ2v) is 16.9. The summed E-state index contributed by atoms with van der Waals surface area (Å²) in [6, 6.07) is 33.1. The van der Waals surface area contributed by atoms with E-state index in [0.29, 0.717) is 0 Å². The van der Waals surface area contributed by atoms with Gasteiger partial charge in [-0.1, -0.05) is 48.5 Å². The van der Waals surface area contributed by atoms with Crippen LogP contribution in [0.3, 0.4) is 0 Å². The van der Waals surface area contributed by atoms with Gasteiger partial charge < -0.3 is 9.11 Å². The number of halogens is 6. The third kappa shape index (κ3) is 8.67. The molecule has 2 aliphatic rings. The number of fused-ring (bicyclic) bond motifs is 9. The van der Waals surface area contributed by atoms with Crippen LogP contribution in [0.25, 0.3) is 55.9 Å². The van der Waals surface area contributed by atoms with Gasteiger partial charge in [0.15, 0.2) is 39.5 Å². The maximum atomic E-state index is 10.7. The van der Waals surface area contributed by atoms with Gasteiger partial charge in [-0.3, -0.25) is 0 Å². The van der Waals surface area contributed by atoms with Crippen molar-refractivity contribution >= 4 is 54.5 Å².